The van der Waals surface area contributed by atoms with E-state index >= 15 is 0 Å². The molecule has 58 heavy (non-hydrogen) atoms. The third-order valence-corrected chi connectivity index (χ3v) is 12.0. The van der Waals surface area contributed by atoms with Gasteiger partial charge in [-0.1, -0.05) is 176 Å². The fourth-order valence-electron chi connectivity index (χ4n) is 8.02. The van der Waals surface area contributed by atoms with Gasteiger partial charge in [0.15, 0.2) is 0 Å². The second-order valence-corrected chi connectivity index (χ2v) is 15.3. The molecule has 0 fully saturated rings. The zero-order valence-electron chi connectivity index (χ0n) is 39.1. The van der Waals surface area contributed by atoms with Crippen LogP contribution in [-0.2, 0) is 0 Å². The summed E-state index contributed by atoms with van der Waals surface area (Å²) in [6, 6.07) is 54.0. The number of thiophene rings is 1. The van der Waals surface area contributed by atoms with Gasteiger partial charge in [-0.2, -0.15) is 0 Å². The number of hydrogen-bond acceptors (Lipinski definition) is 2. The molecular weight excluding hydrogens is 719 g/mol. The number of benzene rings is 10. The minimum atomic E-state index is -0.393. The van der Waals surface area contributed by atoms with E-state index in [1.165, 1.54) is 16.2 Å². The molecule has 0 amide bonds. The van der Waals surface area contributed by atoms with Crippen LogP contribution in [0.2, 0.25) is 0 Å². The Bertz CT molecular complexity index is 3700. The van der Waals surface area contributed by atoms with E-state index in [2.05, 4.69) is 6.07 Å². The van der Waals surface area contributed by atoms with Crippen molar-refractivity contribution in [2.45, 2.75) is 0 Å². The molecular formula is C56H37NS. The number of hydrogen-bond donors (Lipinski definition) is 0. The van der Waals surface area contributed by atoms with Crippen LogP contribution in [0.25, 0.3) is 86.2 Å². The number of nitrogens with zero attached hydrogens (tertiary/aromatic N) is 1. The van der Waals surface area contributed by atoms with Crippen LogP contribution in [0.3, 0.4) is 0 Å². The van der Waals surface area contributed by atoms with Gasteiger partial charge in [0.1, 0.15) is 0 Å². The Morgan fingerprint density at radius 2 is 0.828 bits per heavy atom. The van der Waals surface area contributed by atoms with Gasteiger partial charge in [0.05, 0.1) is 11.0 Å². The Morgan fingerprint density at radius 3 is 1.52 bits per heavy atom. The van der Waals surface area contributed by atoms with Crippen molar-refractivity contribution in [2.75, 3.05) is 4.90 Å². The molecule has 1 aromatic heterocycles. The Kier molecular flexibility index (Phi) is 6.57. The van der Waals surface area contributed by atoms with Crippen molar-refractivity contribution < 1.29 is 11.0 Å². The van der Waals surface area contributed by atoms with Crippen LogP contribution in [-0.4, -0.2) is 0 Å². The second kappa shape index (κ2) is 14.4. The first-order chi connectivity index (χ1) is 32.1. The first-order valence-electron chi connectivity index (χ1n) is 23.2. The summed E-state index contributed by atoms with van der Waals surface area (Å²) >= 11 is 1.53. The molecule has 272 valence electrons. The fourth-order valence-corrected chi connectivity index (χ4v) is 9.24. The molecule has 0 aliphatic rings. The third kappa shape index (κ3) is 6.03. The average Bonchev–Trinajstić information content (AvgIpc) is 3.74. The van der Waals surface area contributed by atoms with Crippen molar-refractivity contribution in [1.82, 2.24) is 0 Å². The van der Waals surface area contributed by atoms with Gasteiger partial charge in [0.25, 0.3) is 0 Å². The van der Waals surface area contributed by atoms with Crippen molar-refractivity contribution in [2.24, 2.45) is 0 Å². The highest BCUT2D eigenvalue weighted by atomic mass is 32.1. The summed E-state index contributed by atoms with van der Waals surface area (Å²) < 4.78 is 78.8. The summed E-state index contributed by atoms with van der Waals surface area (Å²) in [5, 5.41) is 6.22. The standard InChI is InChI=1S/C56H37NS/c1-3-17-48-39(11-1)13-8-20-50(48)41-27-33-46(34-28-41)57(47-35-29-42(30-36-47)52-22-10-23-54-53-19-5-6-24-55(53)58-56(52)54)45-31-25-38(26-32-45)43-15-7-16-44(37-43)51-21-9-14-40-12-2-4-18-49(40)51/h1-37H/i25D,26D,29D,30D,31D,32D,35D,36D. The molecule has 11 aromatic rings. The zero-order chi connectivity index (χ0) is 45.4. The van der Waals surface area contributed by atoms with E-state index < -0.39 is 12.1 Å². The fraction of sp³-hybridized carbons (Fsp3) is 0. The molecule has 0 N–H and O–H groups in total. The average molecular weight is 764 g/mol. The van der Waals surface area contributed by atoms with Crippen LogP contribution < -0.4 is 4.90 Å². The lowest BCUT2D eigenvalue weighted by Gasteiger charge is -2.26. The van der Waals surface area contributed by atoms with Gasteiger partial charge in [-0.3, -0.25) is 0 Å². The van der Waals surface area contributed by atoms with Gasteiger partial charge >= 0.3 is 0 Å². The van der Waals surface area contributed by atoms with E-state index in [0.29, 0.717) is 16.8 Å². The summed E-state index contributed by atoms with van der Waals surface area (Å²) in [5.41, 5.74) is 4.94. The lowest BCUT2D eigenvalue weighted by Crippen LogP contribution is -2.09. The largest absolute Gasteiger partial charge is 0.311 e. The Balaban J connectivity index is 1.12. The summed E-state index contributed by atoms with van der Waals surface area (Å²) in [7, 11) is 0. The summed E-state index contributed by atoms with van der Waals surface area (Å²) in [4.78, 5) is 1.37. The summed E-state index contributed by atoms with van der Waals surface area (Å²) in [6.45, 7) is 0. The lowest BCUT2D eigenvalue weighted by molar-refractivity contribution is 1.28. The molecule has 10 aromatic carbocycles. The maximum atomic E-state index is 9.68. The molecule has 0 unspecified atom stereocenters. The van der Waals surface area contributed by atoms with E-state index in [1.54, 1.807) is 18.2 Å². The molecule has 0 spiro atoms. The first kappa shape index (κ1) is 26.6. The van der Waals surface area contributed by atoms with Crippen LogP contribution in [0.15, 0.2) is 224 Å². The highest BCUT2D eigenvalue weighted by Crippen LogP contribution is 2.42. The third-order valence-electron chi connectivity index (χ3n) is 10.8. The maximum absolute atomic E-state index is 9.68. The van der Waals surface area contributed by atoms with Gasteiger partial charge < -0.3 is 4.90 Å². The van der Waals surface area contributed by atoms with Crippen molar-refractivity contribution >= 4 is 70.1 Å². The predicted octanol–water partition coefficient (Wildman–Crippen LogP) is 16.5. The monoisotopic (exact) mass is 763 g/mol. The van der Waals surface area contributed by atoms with E-state index in [9.17, 15) is 11.0 Å². The zero-order valence-corrected chi connectivity index (χ0v) is 31.9. The molecule has 0 aliphatic heterocycles. The van der Waals surface area contributed by atoms with Crippen molar-refractivity contribution in [3.8, 4) is 44.5 Å². The SMILES string of the molecule is [2H]c1c([2H])c(N(c2ccc(-c3cccc4ccccc34)cc2)c2c([2H])c([2H])c(-c3cccc4c3sc3ccccc34)c([2H])c2[2H])c([2H])c([2H])c1-c1cccc(-c2cccc3ccccc23)c1. The van der Waals surface area contributed by atoms with Crippen molar-refractivity contribution in [1.29, 1.82) is 0 Å². The van der Waals surface area contributed by atoms with Crippen molar-refractivity contribution in [3.63, 3.8) is 0 Å². The number of fused-ring (bicyclic) bond motifs is 5. The minimum Gasteiger partial charge on any atom is -0.311 e. The normalized spacial score (nSPS) is 13.4. The van der Waals surface area contributed by atoms with Crippen LogP contribution >= 0.6 is 11.3 Å². The number of anilines is 3. The molecule has 0 radical (unpaired) electrons. The smallest absolute Gasteiger partial charge is 0.0645 e. The van der Waals surface area contributed by atoms with Gasteiger partial charge in [-0.25, -0.2) is 0 Å². The van der Waals surface area contributed by atoms with Gasteiger partial charge in [0, 0.05) is 37.2 Å². The molecule has 0 bridgehead atoms. The molecule has 0 atom stereocenters. The number of rotatable bonds is 7. The van der Waals surface area contributed by atoms with Crippen molar-refractivity contribution in [3.05, 3.63) is 224 Å². The molecule has 11 rings (SSSR count). The lowest BCUT2D eigenvalue weighted by atomic mass is 9.95. The Labute approximate surface area is 353 Å². The molecule has 0 saturated heterocycles. The van der Waals surface area contributed by atoms with E-state index in [4.69, 9.17) is 0 Å². The van der Waals surface area contributed by atoms with Gasteiger partial charge in [-0.05, 0) is 114 Å². The van der Waals surface area contributed by atoms with Crippen LogP contribution in [0, 0.1) is 0 Å². The van der Waals surface area contributed by atoms with E-state index in [-0.39, 0.29) is 58.8 Å². The summed E-state index contributed by atoms with van der Waals surface area (Å²) in [5.74, 6) is 0. The molecule has 0 aliphatic carbocycles. The topological polar surface area (TPSA) is 3.24 Å². The highest BCUT2D eigenvalue weighted by molar-refractivity contribution is 7.26. The van der Waals surface area contributed by atoms with Gasteiger partial charge in [-0.15, -0.1) is 11.3 Å². The van der Waals surface area contributed by atoms with E-state index in [1.807, 2.05) is 152 Å². The van der Waals surface area contributed by atoms with Gasteiger partial charge in [0.2, 0.25) is 0 Å². The minimum absolute atomic E-state index is 0.105. The quantitative estimate of drug-likeness (QED) is 0.156. The first-order valence-corrected chi connectivity index (χ1v) is 20.0. The Hall–Kier alpha value is -7.26. The van der Waals surface area contributed by atoms with Crippen LogP contribution in [0.4, 0.5) is 17.1 Å². The molecule has 2 heteroatoms. The Morgan fingerprint density at radius 1 is 0.328 bits per heavy atom. The maximum Gasteiger partial charge on any atom is 0.0645 e. The van der Waals surface area contributed by atoms with Crippen LogP contribution in [0.1, 0.15) is 11.0 Å². The second-order valence-electron chi connectivity index (χ2n) is 14.2. The highest BCUT2D eigenvalue weighted by Gasteiger charge is 2.16. The van der Waals surface area contributed by atoms with E-state index in [0.717, 1.165) is 64.0 Å². The summed E-state index contributed by atoms with van der Waals surface area (Å²) in [6.07, 6.45) is 0. The molecule has 1 nitrogen and oxygen atoms in total. The molecule has 0 saturated carbocycles. The molecule has 1 heterocycles. The predicted molar refractivity (Wildman–Crippen MR) is 251 cm³/mol. The van der Waals surface area contributed by atoms with Crippen LogP contribution in [0.5, 0.6) is 0 Å².